The van der Waals surface area contributed by atoms with Crippen LogP contribution in [0.25, 0.3) is 27.6 Å². The fraction of sp³-hybridized carbons (Fsp3) is 0.389. The van der Waals surface area contributed by atoms with E-state index < -0.39 is 17.9 Å². The first kappa shape index (κ1) is 31.1. The molecule has 2 N–H and O–H groups in total. The second-order valence-corrected chi connectivity index (χ2v) is 12.4. The summed E-state index contributed by atoms with van der Waals surface area (Å²) < 4.78 is 10.1. The van der Waals surface area contributed by atoms with E-state index in [1.54, 1.807) is 13.0 Å². The predicted octanol–water partition coefficient (Wildman–Crippen LogP) is 6.63. The van der Waals surface area contributed by atoms with Crippen molar-refractivity contribution in [2.75, 3.05) is 14.2 Å². The van der Waals surface area contributed by atoms with Crippen LogP contribution in [0, 0.1) is 13.8 Å². The number of aryl methyl sites for hydroxylation is 2. The number of hydrogen-bond donors (Lipinski definition) is 2. The van der Waals surface area contributed by atoms with E-state index >= 15 is 0 Å². The molecule has 8 bridgehead atoms. The van der Waals surface area contributed by atoms with Gasteiger partial charge in [-0.2, -0.15) is 0 Å². The SMILES string of the molecule is CC[C@H]1c2cc3[nH]c4c(c3C)C(=O)[C@H](C(=O)OC)c4c3nc(cc4[nH]c(cc(n2)[C@@H]1C)c(C(C)=O)c4C)[C@@H](C)/C3=C\CC(=O)OC. The van der Waals surface area contributed by atoms with Crippen LogP contribution in [0.4, 0.5) is 0 Å². The number of Topliss-reactive ketones (excluding diaryl/α,β-unsaturated/α-hetero) is 2. The average molecular weight is 623 g/mol. The number of aromatic amines is 2. The number of nitrogens with one attached hydrogen (secondary N) is 2. The molecule has 1 aliphatic carbocycles. The molecule has 0 saturated carbocycles. The Balaban J connectivity index is 1.83. The van der Waals surface area contributed by atoms with E-state index in [0.29, 0.717) is 55.8 Å². The summed E-state index contributed by atoms with van der Waals surface area (Å²) >= 11 is 0. The van der Waals surface area contributed by atoms with Crippen molar-refractivity contribution >= 4 is 51.1 Å². The third-order valence-corrected chi connectivity index (χ3v) is 9.88. The van der Waals surface area contributed by atoms with Crippen molar-refractivity contribution in [3.63, 3.8) is 0 Å². The van der Waals surface area contributed by atoms with Gasteiger partial charge in [0.2, 0.25) is 0 Å². The second kappa shape index (κ2) is 11.5. The Morgan fingerprint density at radius 2 is 1.59 bits per heavy atom. The maximum atomic E-state index is 14.1. The van der Waals surface area contributed by atoms with Gasteiger partial charge in [0.15, 0.2) is 11.6 Å². The molecule has 3 aliphatic rings. The molecule has 0 aromatic carbocycles. The standard InChI is InChI=1S/C36H38N4O6/c1-9-20-15(2)22-14-27-29(19(6)41)17(4)24(38-27)12-23-16(3)21(10-11-28(42)45-7)33(39-23)31-32(36(44)46-8)35(43)30-18(5)25(40-34(30)31)13-26(20)37-22/h10,12-16,20,32,38,40H,9,11H2,1-8H3/b21-10+,22-14?,23-12?,24-12?,25-13?,26-13?,27-14?,33-31?/t15-,16+,20-,32-/m1/s1. The number of hydrogen-bond acceptors (Lipinski definition) is 8. The molecule has 3 aromatic rings. The lowest BCUT2D eigenvalue weighted by Crippen LogP contribution is -2.20. The zero-order valence-electron chi connectivity index (χ0n) is 27.4. The van der Waals surface area contributed by atoms with Gasteiger partial charge in [0.25, 0.3) is 0 Å². The molecule has 6 rings (SSSR count). The number of allylic oxidation sites excluding steroid dienone is 1. The summed E-state index contributed by atoms with van der Waals surface area (Å²) in [4.78, 5) is 69.6. The van der Waals surface area contributed by atoms with Crippen LogP contribution in [0.3, 0.4) is 0 Å². The molecule has 0 spiro atoms. The van der Waals surface area contributed by atoms with Crippen LogP contribution in [-0.4, -0.2) is 57.7 Å². The molecule has 3 aromatic heterocycles. The van der Waals surface area contributed by atoms with E-state index in [1.165, 1.54) is 14.2 Å². The largest absolute Gasteiger partial charge is 0.469 e. The van der Waals surface area contributed by atoms with E-state index in [9.17, 15) is 19.2 Å². The number of rotatable bonds is 5. The molecule has 0 fully saturated rings. The van der Waals surface area contributed by atoms with Gasteiger partial charge in [-0.3, -0.25) is 29.1 Å². The average Bonchev–Trinajstić information content (AvgIpc) is 3.76. The van der Waals surface area contributed by atoms with Crippen molar-refractivity contribution in [2.45, 2.75) is 78.1 Å². The highest BCUT2D eigenvalue weighted by Gasteiger charge is 2.44. The van der Waals surface area contributed by atoms with Crippen molar-refractivity contribution in [1.82, 2.24) is 19.9 Å². The summed E-state index contributed by atoms with van der Waals surface area (Å²) in [5, 5.41) is 0. The minimum atomic E-state index is -1.23. The third kappa shape index (κ3) is 4.69. The number of methoxy groups -OCH3 is 2. The summed E-state index contributed by atoms with van der Waals surface area (Å²) in [6, 6.07) is 5.85. The minimum Gasteiger partial charge on any atom is -0.469 e. The maximum Gasteiger partial charge on any atom is 0.321 e. The Kier molecular flexibility index (Phi) is 7.78. The Labute approximate surface area is 266 Å². The normalized spacial score (nSPS) is 21.1. The molecule has 46 heavy (non-hydrogen) atoms. The quantitative estimate of drug-likeness (QED) is 0.183. The van der Waals surface area contributed by atoms with Gasteiger partial charge < -0.3 is 19.4 Å². The van der Waals surface area contributed by atoms with Crippen LogP contribution < -0.4 is 0 Å². The monoisotopic (exact) mass is 622 g/mol. The van der Waals surface area contributed by atoms with E-state index in [-0.39, 0.29) is 35.7 Å². The third-order valence-electron chi connectivity index (χ3n) is 9.88. The van der Waals surface area contributed by atoms with Gasteiger partial charge in [-0.1, -0.05) is 26.8 Å². The number of ketones is 2. The zero-order valence-corrected chi connectivity index (χ0v) is 27.4. The van der Waals surface area contributed by atoms with Gasteiger partial charge in [0, 0.05) is 56.9 Å². The Hall–Kier alpha value is -4.86. The lowest BCUT2D eigenvalue weighted by atomic mass is 9.89. The maximum absolute atomic E-state index is 14.1. The van der Waals surface area contributed by atoms with Gasteiger partial charge in [0.1, 0.15) is 5.92 Å². The highest BCUT2D eigenvalue weighted by Crippen LogP contribution is 2.47. The molecule has 4 atom stereocenters. The van der Waals surface area contributed by atoms with Gasteiger partial charge >= 0.3 is 11.9 Å². The number of nitrogens with zero attached hydrogens (tertiary/aromatic N) is 2. The van der Waals surface area contributed by atoms with Crippen LogP contribution >= 0.6 is 0 Å². The summed E-state index contributed by atoms with van der Waals surface area (Å²) in [7, 11) is 2.58. The lowest BCUT2D eigenvalue weighted by Gasteiger charge is -2.13. The molecule has 238 valence electrons. The Morgan fingerprint density at radius 1 is 0.913 bits per heavy atom. The van der Waals surface area contributed by atoms with Crippen LogP contribution in [0.5, 0.6) is 0 Å². The molecule has 0 amide bonds. The summed E-state index contributed by atoms with van der Waals surface area (Å²) in [5.74, 6) is -2.88. The van der Waals surface area contributed by atoms with Crippen molar-refractivity contribution in [3.8, 4) is 0 Å². The summed E-state index contributed by atoms with van der Waals surface area (Å²) in [6.45, 7) is 11.5. The number of aromatic nitrogens is 4. The smallest absolute Gasteiger partial charge is 0.321 e. The number of esters is 2. The molecule has 5 heterocycles. The molecule has 10 heteroatoms. The highest BCUT2D eigenvalue weighted by atomic mass is 16.5. The number of H-pyrrole nitrogens is 2. The van der Waals surface area contributed by atoms with Crippen molar-refractivity contribution in [1.29, 1.82) is 0 Å². The number of fused-ring (bicyclic) bond motifs is 8. The second-order valence-electron chi connectivity index (χ2n) is 12.4. The van der Waals surface area contributed by atoms with E-state index in [0.717, 1.165) is 28.9 Å². The van der Waals surface area contributed by atoms with Gasteiger partial charge in [-0.25, -0.2) is 0 Å². The molecule has 0 radical (unpaired) electrons. The van der Waals surface area contributed by atoms with Crippen LogP contribution in [-0.2, 0) is 19.1 Å². The fourth-order valence-corrected chi connectivity index (χ4v) is 7.31. The minimum absolute atomic E-state index is 0.0214. The van der Waals surface area contributed by atoms with Crippen molar-refractivity contribution in [2.24, 2.45) is 0 Å². The highest BCUT2D eigenvalue weighted by molar-refractivity contribution is 6.24. The van der Waals surface area contributed by atoms with E-state index in [1.807, 2.05) is 39.0 Å². The van der Waals surface area contributed by atoms with Gasteiger partial charge in [-0.05, 0) is 62.1 Å². The summed E-state index contributed by atoms with van der Waals surface area (Å²) in [6.07, 6.45) is 2.57. The molecule has 2 aliphatic heterocycles. The topological polar surface area (TPSA) is 144 Å². The van der Waals surface area contributed by atoms with Gasteiger partial charge in [-0.15, -0.1) is 0 Å². The van der Waals surface area contributed by atoms with Crippen LogP contribution in [0.15, 0.2) is 24.3 Å². The number of carbonyl (C=O) groups excluding carboxylic acids is 4. The fourth-order valence-electron chi connectivity index (χ4n) is 7.31. The molecular weight excluding hydrogens is 584 g/mol. The molecule has 0 saturated heterocycles. The Morgan fingerprint density at radius 3 is 2.24 bits per heavy atom. The molecular formula is C36H38N4O6. The summed E-state index contributed by atoms with van der Waals surface area (Å²) in [5.41, 5.74) is 9.05. The Bertz CT molecular complexity index is 2050. The van der Waals surface area contributed by atoms with Crippen molar-refractivity contribution < 1.29 is 28.7 Å². The molecule has 0 unspecified atom stereocenters. The number of carbonyl (C=O) groups is 4. The van der Waals surface area contributed by atoms with E-state index in [4.69, 9.17) is 19.4 Å². The van der Waals surface area contributed by atoms with Gasteiger partial charge in [0.05, 0.1) is 43.1 Å². The van der Waals surface area contributed by atoms with Crippen LogP contribution in [0.1, 0.15) is 124 Å². The van der Waals surface area contributed by atoms with Crippen LogP contribution in [0.2, 0.25) is 0 Å². The lowest BCUT2D eigenvalue weighted by molar-refractivity contribution is -0.141. The number of ether oxygens (including phenoxy) is 2. The first-order chi connectivity index (χ1) is 21.9. The van der Waals surface area contributed by atoms with Crippen molar-refractivity contribution in [3.05, 3.63) is 74.9 Å². The first-order valence-corrected chi connectivity index (χ1v) is 15.6. The predicted molar refractivity (Wildman–Crippen MR) is 174 cm³/mol. The zero-order chi connectivity index (χ0) is 33.2. The molecule has 10 nitrogen and oxygen atoms in total. The first-order valence-electron chi connectivity index (χ1n) is 15.6. The van der Waals surface area contributed by atoms with E-state index in [2.05, 4.69) is 23.8 Å².